The van der Waals surface area contributed by atoms with Gasteiger partial charge in [0.2, 0.25) is 0 Å². The molecule has 4 aliphatic carbocycles. The molecule has 0 aromatic heterocycles. The molecule has 2 N–H and O–H groups in total. The lowest BCUT2D eigenvalue weighted by Crippen LogP contribution is -2.50. The number of aliphatic hydroxyl groups excluding tert-OH is 1. The van der Waals surface area contributed by atoms with Crippen molar-refractivity contribution >= 4 is 0 Å². The van der Waals surface area contributed by atoms with Gasteiger partial charge in [-0.2, -0.15) is 0 Å². The van der Waals surface area contributed by atoms with Crippen LogP contribution >= 0.6 is 0 Å². The fraction of sp³-hybridized carbons (Fsp3) is 1.00. The Morgan fingerprint density at radius 2 is 1.69 bits per heavy atom. The van der Waals surface area contributed by atoms with Crippen LogP contribution in [0.5, 0.6) is 0 Å². The predicted molar refractivity (Wildman–Crippen MR) is 121 cm³/mol. The average molecular weight is 405 g/mol. The van der Waals surface area contributed by atoms with Crippen LogP contribution in [-0.2, 0) is 0 Å². The van der Waals surface area contributed by atoms with Crippen molar-refractivity contribution in [1.29, 1.82) is 0 Å². The van der Waals surface area contributed by atoms with Gasteiger partial charge in [0.05, 0.1) is 11.7 Å². The van der Waals surface area contributed by atoms with E-state index in [2.05, 4.69) is 27.7 Å². The van der Waals surface area contributed by atoms with Gasteiger partial charge in [-0.25, -0.2) is 0 Å². The summed E-state index contributed by atoms with van der Waals surface area (Å²) < 4.78 is 0. The Bertz CT molecular complexity index is 559. The largest absolute Gasteiger partial charge is 0.393 e. The second-order valence-corrected chi connectivity index (χ2v) is 12.3. The van der Waals surface area contributed by atoms with E-state index in [4.69, 9.17) is 0 Å². The summed E-state index contributed by atoms with van der Waals surface area (Å²) in [6.07, 6.45) is 16.4. The third-order valence-electron chi connectivity index (χ3n) is 10.8. The minimum atomic E-state index is -0.351. The van der Waals surface area contributed by atoms with Crippen molar-refractivity contribution in [2.45, 2.75) is 123 Å². The van der Waals surface area contributed by atoms with Gasteiger partial charge in [-0.3, -0.25) is 0 Å². The SMILES string of the molecule is CC[C@]1(O)CC[C@H]2[C@@H](CC[C@@H]3[C@@H]2CC[C@]2(C)[C@@H](CCC[C@H](O)C(C)C)CC[C@@H]32)C1. The number of fused-ring (bicyclic) bond motifs is 5. The summed E-state index contributed by atoms with van der Waals surface area (Å²) in [6.45, 7) is 9.10. The zero-order valence-electron chi connectivity index (χ0n) is 19.7. The summed E-state index contributed by atoms with van der Waals surface area (Å²) in [6, 6.07) is 0. The molecule has 0 bridgehead atoms. The Hall–Kier alpha value is -0.0800. The van der Waals surface area contributed by atoms with Crippen LogP contribution in [0.1, 0.15) is 111 Å². The monoisotopic (exact) mass is 404 g/mol. The molecular formula is C27H48O2. The molecule has 9 atom stereocenters. The molecule has 2 heteroatoms. The van der Waals surface area contributed by atoms with E-state index in [1.165, 1.54) is 57.8 Å². The van der Waals surface area contributed by atoms with Crippen molar-refractivity contribution in [3.05, 3.63) is 0 Å². The molecule has 0 saturated heterocycles. The zero-order chi connectivity index (χ0) is 20.8. The van der Waals surface area contributed by atoms with Gasteiger partial charge < -0.3 is 10.2 Å². The van der Waals surface area contributed by atoms with Crippen LogP contribution < -0.4 is 0 Å². The van der Waals surface area contributed by atoms with E-state index in [0.29, 0.717) is 11.3 Å². The second-order valence-electron chi connectivity index (χ2n) is 12.3. The summed E-state index contributed by atoms with van der Waals surface area (Å²) in [5.41, 5.74) is 0.214. The molecule has 4 saturated carbocycles. The topological polar surface area (TPSA) is 40.5 Å². The minimum Gasteiger partial charge on any atom is -0.393 e. The molecular weight excluding hydrogens is 356 g/mol. The van der Waals surface area contributed by atoms with E-state index in [9.17, 15) is 10.2 Å². The molecule has 0 aromatic carbocycles. The first kappa shape index (κ1) is 22.1. The van der Waals surface area contributed by atoms with Crippen LogP contribution in [0.4, 0.5) is 0 Å². The molecule has 0 radical (unpaired) electrons. The molecule has 0 amide bonds. The molecule has 0 unspecified atom stereocenters. The molecule has 4 rings (SSSR count). The lowest BCUT2D eigenvalue weighted by molar-refractivity contribution is -0.107. The van der Waals surface area contributed by atoms with Crippen LogP contribution in [0.15, 0.2) is 0 Å². The summed E-state index contributed by atoms with van der Waals surface area (Å²) in [7, 11) is 0. The third-order valence-corrected chi connectivity index (χ3v) is 10.8. The van der Waals surface area contributed by atoms with Crippen LogP contribution in [-0.4, -0.2) is 21.9 Å². The molecule has 0 heterocycles. The molecule has 4 aliphatic rings. The Labute approximate surface area is 180 Å². The molecule has 168 valence electrons. The summed E-state index contributed by atoms with van der Waals surface area (Å²) in [5.74, 6) is 5.87. The number of hydrogen-bond acceptors (Lipinski definition) is 2. The summed E-state index contributed by atoms with van der Waals surface area (Å²) in [5, 5.41) is 21.1. The van der Waals surface area contributed by atoms with E-state index in [1.54, 1.807) is 0 Å². The van der Waals surface area contributed by atoms with Crippen molar-refractivity contribution in [3.63, 3.8) is 0 Å². The highest BCUT2D eigenvalue weighted by atomic mass is 16.3. The van der Waals surface area contributed by atoms with Crippen molar-refractivity contribution in [2.24, 2.45) is 46.8 Å². The van der Waals surface area contributed by atoms with Crippen molar-refractivity contribution in [2.75, 3.05) is 0 Å². The maximum Gasteiger partial charge on any atom is 0.0648 e. The van der Waals surface area contributed by atoms with Gasteiger partial charge in [0.1, 0.15) is 0 Å². The third kappa shape index (κ3) is 4.07. The first-order valence-electron chi connectivity index (χ1n) is 13.2. The molecule has 0 aliphatic heterocycles. The molecule has 0 spiro atoms. The van der Waals surface area contributed by atoms with E-state index < -0.39 is 0 Å². The van der Waals surface area contributed by atoms with Gasteiger partial charge >= 0.3 is 0 Å². The fourth-order valence-corrected chi connectivity index (χ4v) is 8.77. The van der Waals surface area contributed by atoms with Crippen molar-refractivity contribution in [3.8, 4) is 0 Å². The van der Waals surface area contributed by atoms with Crippen LogP contribution in [0, 0.1) is 46.8 Å². The number of rotatable bonds is 6. The maximum absolute atomic E-state index is 10.9. The summed E-state index contributed by atoms with van der Waals surface area (Å²) >= 11 is 0. The predicted octanol–water partition coefficient (Wildman–Crippen LogP) is 6.58. The van der Waals surface area contributed by atoms with Crippen LogP contribution in [0.25, 0.3) is 0 Å². The van der Waals surface area contributed by atoms with E-state index >= 15 is 0 Å². The average Bonchev–Trinajstić information content (AvgIpc) is 3.04. The van der Waals surface area contributed by atoms with Crippen molar-refractivity contribution in [1.82, 2.24) is 0 Å². The zero-order valence-corrected chi connectivity index (χ0v) is 19.7. The van der Waals surface area contributed by atoms with Gasteiger partial charge in [0, 0.05) is 0 Å². The van der Waals surface area contributed by atoms with E-state index in [-0.39, 0.29) is 11.7 Å². The molecule has 0 aromatic rings. The normalized spacial score (nSPS) is 48.1. The Balaban J connectivity index is 1.38. The molecule has 4 fully saturated rings. The maximum atomic E-state index is 10.9. The Morgan fingerprint density at radius 1 is 0.931 bits per heavy atom. The summed E-state index contributed by atoms with van der Waals surface area (Å²) in [4.78, 5) is 0. The van der Waals surface area contributed by atoms with Crippen LogP contribution in [0.2, 0.25) is 0 Å². The molecule has 29 heavy (non-hydrogen) atoms. The second kappa shape index (κ2) is 8.45. The number of aliphatic hydroxyl groups is 2. The Kier molecular flexibility index (Phi) is 6.45. The number of hydrogen-bond donors (Lipinski definition) is 2. The molecule has 2 nitrogen and oxygen atoms in total. The lowest BCUT2D eigenvalue weighted by Gasteiger charge is -2.57. The van der Waals surface area contributed by atoms with Gasteiger partial charge in [-0.15, -0.1) is 0 Å². The quantitative estimate of drug-likeness (QED) is 0.524. The smallest absolute Gasteiger partial charge is 0.0648 e. The van der Waals surface area contributed by atoms with Gasteiger partial charge in [-0.05, 0) is 124 Å². The standard InChI is InChI=1S/C27H48O2/c1-5-27(29)16-14-21-19(17-27)9-11-23-22(21)13-15-26(4)20(10-12-24(23)26)7-6-8-25(28)18(2)3/h18-25,28-29H,5-17H2,1-4H3/t19-,20-,21-,22+,23+,24-,25-,26+,27-/m0/s1. The van der Waals surface area contributed by atoms with Crippen LogP contribution in [0.3, 0.4) is 0 Å². The van der Waals surface area contributed by atoms with Gasteiger partial charge in [-0.1, -0.05) is 34.1 Å². The first-order chi connectivity index (χ1) is 13.8. The van der Waals surface area contributed by atoms with E-state index in [0.717, 1.165) is 61.2 Å². The fourth-order valence-electron chi connectivity index (χ4n) is 8.77. The lowest BCUT2D eigenvalue weighted by atomic mass is 9.48. The highest BCUT2D eigenvalue weighted by Gasteiger charge is 2.57. The van der Waals surface area contributed by atoms with Gasteiger partial charge in [0.15, 0.2) is 0 Å². The first-order valence-corrected chi connectivity index (χ1v) is 13.2. The van der Waals surface area contributed by atoms with Gasteiger partial charge in [0.25, 0.3) is 0 Å². The highest BCUT2D eigenvalue weighted by Crippen LogP contribution is 2.65. The van der Waals surface area contributed by atoms with E-state index in [1.807, 2.05) is 0 Å². The minimum absolute atomic E-state index is 0.112. The highest BCUT2D eigenvalue weighted by molar-refractivity contribution is 5.06. The Morgan fingerprint density at radius 3 is 2.41 bits per heavy atom. The van der Waals surface area contributed by atoms with Crippen molar-refractivity contribution < 1.29 is 10.2 Å².